The molecular weight excluding hydrogens is 272 g/mol. The lowest BCUT2D eigenvalue weighted by molar-refractivity contribution is 0.225. The summed E-state index contributed by atoms with van der Waals surface area (Å²) in [5.41, 5.74) is 0. The molecule has 4 heteroatoms. The van der Waals surface area contributed by atoms with E-state index in [4.69, 9.17) is 16.3 Å². The van der Waals surface area contributed by atoms with Gasteiger partial charge in [-0.05, 0) is 69.7 Å². The van der Waals surface area contributed by atoms with Gasteiger partial charge in [0, 0.05) is 11.6 Å². The van der Waals surface area contributed by atoms with Crippen LogP contribution in [0, 0.1) is 0 Å². The van der Waals surface area contributed by atoms with E-state index >= 15 is 0 Å². The number of halogens is 1. The van der Waals surface area contributed by atoms with E-state index in [-0.39, 0.29) is 0 Å². The average molecular weight is 297 g/mol. The number of hydrogen-bond acceptors (Lipinski definition) is 3. The van der Waals surface area contributed by atoms with E-state index in [1.54, 1.807) is 0 Å². The predicted octanol–water partition coefficient (Wildman–Crippen LogP) is 3.18. The maximum Gasteiger partial charge on any atom is 0.119 e. The van der Waals surface area contributed by atoms with Gasteiger partial charge in [0.05, 0.1) is 0 Å². The number of hydrogen-bond donors (Lipinski definition) is 1. The fraction of sp³-hybridized carbons (Fsp3) is 0.625. The highest BCUT2D eigenvalue weighted by atomic mass is 35.5. The summed E-state index contributed by atoms with van der Waals surface area (Å²) in [7, 11) is 0. The summed E-state index contributed by atoms with van der Waals surface area (Å²) in [6, 6.07) is 7.50. The smallest absolute Gasteiger partial charge is 0.119 e. The van der Waals surface area contributed by atoms with E-state index in [9.17, 15) is 0 Å². The van der Waals surface area contributed by atoms with Crippen LogP contribution in [-0.2, 0) is 0 Å². The van der Waals surface area contributed by atoms with Crippen molar-refractivity contribution < 1.29 is 4.74 Å². The molecule has 0 atom stereocenters. The Labute approximate surface area is 127 Å². The molecule has 1 aliphatic rings. The van der Waals surface area contributed by atoms with Crippen LogP contribution in [0.25, 0.3) is 0 Å². The van der Waals surface area contributed by atoms with Gasteiger partial charge in [0.15, 0.2) is 0 Å². The zero-order chi connectivity index (χ0) is 14.0. The van der Waals surface area contributed by atoms with E-state index < -0.39 is 0 Å². The number of rotatable bonds is 8. The van der Waals surface area contributed by atoms with Crippen LogP contribution in [0.2, 0.25) is 5.02 Å². The normalized spacial score (nSPS) is 16.2. The Balaban J connectivity index is 1.44. The van der Waals surface area contributed by atoms with Crippen LogP contribution in [0.1, 0.15) is 25.7 Å². The Bertz CT molecular complexity index is 363. The van der Waals surface area contributed by atoms with Crippen molar-refractivity contribution in [3.8, 4) is 5.75 Å². The minimum atomic E-state index is 0.700. The number of benzene rings is 1. The van der Waals surface area contributed by atoms with Crippen molar-refractivity contribution in [2.45, 2.75) is 25.7 Å². The molecule has 1 N–H and O–H groups in total. The van der Waals surface area contributed by atoms with E-state index in [2.05, 4.69) is 10.2 Å². The summed E-state index contributed by atoms with van der Waals surface area (Å²) < 4.78 is 5.63. The third-order valence-corrected chi connectivity index (χ3v) is 3.89. The molecule has 0 unspecified atom stereocenters. The Kier molecular flexibility index (Phi) is 7.20. The van der Waals surface area contributed by atoms with E-state index in [1.807, 2.05) is 24.3 Å². The van der Waals surface area contributed by atoms with Gasteiger partial charge in [0.2, 0.25) is 0 Å². The number of nitrogens with one attached hydrogen (secondary N) is 1. The van der Waals surface area contributed by atoms with Crippen molar-refractivity contribution in [2.24, 2.45) is 0 Å². The molecule has 1 heterocycles. The van der Waals surface area contributed by atoms with E-state index in [0.717, 1.165) is 23.9 Å². The standard InChI is InChI=1S/C16H25ClN2O/c17-15-5-7-16(8-6-15)20-14-10-18-9-4-13-19-11-2-1-3-12-19/h5-8,18H,1-4,9-14H2. The molecule has 0 radical (unpaired) electrons. The second-order valence-corrected chi connectivity index (χ2v) is 5.74. The third kappa shape index (κ3) is 6.12. The van der Waals surface area contributed by atoms with E-state index in [1.165, 1.54) is 45.3 Å². The fourth-order valence-electron chi connectivity index (χ4n) is 2.51. The largest absolute Gasteiger partial charge is 0.492 e. The highest BCUT2D eigenvalue weighted by Gasteiger charge is 2.08. The first-order valence-corrected chi connectivity index (χ1v) is 8.04. The molecule has 1 aromatic carbocycles. The molecule has 0 bridgehead atoms. The van der Waals surface area contributed by atoms with Gasteiger partial charge >= 0.3 is 0 Å². The number of nitrogens with zero attached hydrogens (tertiary/aromatic N) is 1. The van der Waals surface area contributed by atoms with Gasteiger partial charge in [0.1, 0.15) is 12.4 Å². The Hall–Kier alpha value is -0.770. The monoisotopic (exact) mass is 296 g/mol. The molecule has 0 amide bonds. The highest BCUT2D eigenvalue weighted by molar-refractivity contribution is 6.30. The zero-order valence-corrected chi connectivity index (χ0v) is 12.9. The molecule has 20 heavy (non-hydrogen) atoms. The zero-order valence-electron chi connectivity index (χ0n) is 12.1. The van der Waals surface area contributed by atoms with Gasteiger partial charge in [-0.15, -0.1) is 0 Å². The van der Waals surface area contributed by atoms with Gasteiger partial charge < -0.3 is 15.0 Å². The summed E-state index contributed by atoms with van der Waals surface area (Å²) in [4.78, 5) is 2.58. The minimum Gasteiger partial charge on any atom is -0.492 e. The maximum absolute atomic E-state index is 5.82. The maximum atomic E-state index is 5.82. The summed E-state index contributed by atoms with van der Waals surface area (Å²) in [6.45, 7) is 6.47. The molecular formula is C16H25ClN2O. The quantitative estimate of drug-likeness (QED) is 0.746. The second kappa shape index (κ2) is 9.22. The van der Waals surface area contributed by atoms with Crippen LogP contribution >= 0.6 is 11.6 Å². The second-order valence-electron chi connectivity index (χ2n) is 5.31. The van der Waals surface area contributed by atoms with Crippen LogP contribution in [0.3, 0.4) is 0 Å². The lowest BCUT2D eigenvalue weighted by Gasteiger charge is -2.26. The lowest BCUT2D eigenvalue weighted by atomic mass is 10.1. The third-order valence-electron chi connectivity index (χ3n) is 3.64. The van der Waals surface area contributed by atoms with Crippen LogP contribution < -0.4 is 10.1 Å². The molecule has 1 aromatic rings. The number of ether oxygens (including phenoxy) is 1. The predicted molar refractivity (Wildman–Crippen MR) is 84.7 cm³/mol. The molecule has 0 saturated carbocycles. The molecule has 0 aromatic heterocycles. The highest BCUT2D eigenvalue weighted by Crippen LogP contribution is 2.15. The summed E-state index contributed by atoms with van der Waals surface area (Å²) >= 11 is 5.82. The van der Waals surface area contributed by atoms with Crippen molar-refractivity contribution in [1.29, 1.82) is 0 Å². The Morgan fingerprint density at radius 3 is 2.55 bits per heavy atom. The lowest BCUT2D eigenvalue weighted by Crippen LogP contribution is -2.32. The first-order chi connectivity index (χ1) is 9.84. The molecule has 1 saturated heterocycles. The summed E-state index contributed by atoms with van der Waals surface area (Å²) in [6.07, 6.45) is 5.39. The van der Waals surface area contributed by atoms with Crippen molar-refractivity contribution >= 4 is 11.6 Å². The number of likely N-dealkylation sites (tertiary alicyclic amines) is 1. The topological polar surface area (TPSA) is 24.5 Å². The molecule has 0 spiro atoms. The van der Waals surface area contributed by atoms with Crippen molar-refractivity contribution in [1.82, 2.24) is 10.2 Å². The molecule has 112 valence electrons. The van der Waals surface area contributed by atoms with Gasteiger partial charge in [-0.2, -0.15) is 0 Å². The molecule has 2 rings (SSSR count). The fourth-order valence-corrected chi connectivity index (χ4v) is 2.63. The minimum absolute atomic E-state index is 0.700. The van der Waals surface area contributed by atoms with Crippen LogP contribution in [0.4, 0.5) is 0 Å². The molecule has 1 aliphatic heterocycles. The SMILES string of the molecule is Clc1ccc(OCCNCCCN2CCCCC2)cc1. The summed E-state index contributed by atoms with van der Waals surface area (Å²) in [5, 5.41) is 4.17. The van der Waals surface area contributed by atoms with Gasteiger partial charge in [-0.25, -0.2) is 0 Å². The molecule has 1 fully saturated rings. The van der Waals surface area contributed by atoms with E-state index in [0.29, 0.717) is 6.61 Å². The van der Waals surface area contributed by atoms with Crippen molar-refractivity contribution in [2.75, 3.05) is 39.3 Å². The Morgan fingerprint density at radius 1 is 1.05 bits per heavy atom. The van der Waals surface area contributed by atoms with Crippen LogP contribution in [0.5, 0.6) is 5.75 Å². The van der Waals surface area contributed by atoms with Crippen molar-refractivity contribution in [3.05, 3.63) is 29.3 Å². The molecule has 3 nitrogen and oxygen atoms in total. The van der Waals surface area contributed by atoms with Gasteiger partial charge in [-0.1, -0.05) is 18.0 Å². The van der Waals surface area contributed by atoms with Crippen LogP contribution in [0.15, 0.2) is 24.3 Å². The number of piperidine rings is 1. The Morgan fingerprint density at radius 2 is 1.80 bits per heavy atom. The van der Waals surface area contributed by atoms with Crippen LogP contribution in [-0.4, -0.2) is 44.2 Å². The molecule has 0 aliphatic carbocycles. The van der Waals surface area contributed by atoms with Gasteiger partial charge in [-0.3, -0.25) is 0 Å². The summed E-state index contributed by atoms with van der Waals surface area (Å²) in [5.74, 6) is 0.879. The van der Waals surface area contributed by atoms with Crippen molar-refractivity contribution in [3.63, 3.8) is 0 Å². The average Bonchev–Trinajstić information content (AvgIpc) is 2.49. The first kappa shape index (κ1) is 15.6. The van der Waals surface area contributed by atoms with Gasteiger partial charge in [0.25, 0.3) is 0 Å². The first-order valence-electron chi connectivity index (χ1n) is 7.66.